The fourth-order valence-corrected chi connectivity index (χ4v) is 5.46. The molecule has 0 unspecified atom stereocenters. The molecule has 0 fully saturated rings. The molecule has 0 spiro atoms. The van der Waals surface area contributed by atoms with E-state index in [1.54, 1.807) is 0 Å². The van der Waals surface area contributed by atoms with Crippen LogP contribution in [0.2, 0.25) is 0 Å². The molecular formula is C28H22BaO14S2. The summed E-state index contributed by atoms with van der Waals surface area (Å²) in [4.78, 5) is 45.0. The molecule has 45 heavy (non-hydrogen) atoms. The fraction of sp³-hybridized carbons (Fsp3) is 0.143. The molecule has 0 saturated carbocycles. The maximum atomic E-state index is 11.6. The van der Waals surface area contributed by atoms with Crippen molar-refractivity contribution in [1.82, 2.24) is 0 Å². The minimum Gasteiger partial charge on any atom is -0.744 e. The van der Waals surface area contributed by atoms with Crippen molar-refractivity contribution in [2.24, 2.45) is 0 Å². The van der Waals surface area contributed by atoms with E-state index < -0.39 is 53.9 Å². The average Bonchev–Trinajstić information content (AvgIpc) is 3.00. The number of carbonyl (C=O) groups is 4. The Morgan fingerprint density at radius 1 is 0.489 bits per heavy atom. The van der Waals surface area contributed by atoms with Gasteiger partial charge in [-0.15, -0.1) is 0 Å². The van der Waals surface area contributed by atoms with Gasteiger partial charge in [-0.2, -0.15) is 0 Å². The topological polar surface area (TPSA) is 220 Å². The van der Waals surface area contributed by atoms with Crippen molar-refractivity contribution in [2.45, 2.75) is 9.79 Å². The molecular weight excluding hydrogens is 762 g/mol. The number of hydrogen-bond acceptors (Lipinski definition) is 14. The van der Waals surface area contributed by atoms with Crippen molar-refractivity contribution in [2.75, 3.05) is 28.4 Å². The smallest absolute Gasteiger partial charge is 0.744 e. The molecule has 4 rings (SSSR count). The SMILES string of the molecule is COC(=O)c1cc(S(=O)(=O)[O-])c2cc(C(=O)OC)ccc2c1.COC(=O)c1cc(S(=O)(=O)[O-])c2cc(C(=O)OC)ccc2c1.[Ba+2]. The molecule has 0 heterocycles. The number of esters is 4. The summed E-state index contributed by atoms with van der Waals surface area (Å²) in [6, 6.07) is 12.7. The van der Waals surface area contributed by atoms with Gasteiger partial charge in [0, 0.05) is 10.8 Å². The Labute approximate surface area is 297 Å². The maximum Gasteiger partial charge on any atom is 2.00 e. The van der Waals surface area contributed by atoms with Gasteiger partial charge < -0.3 is 28.1 Å². The normalized spacial score (nSPS) is 11.0. The van der Waals surface area contributed by atoms with Crippen LogP contribution in [0.3, 0.4) is 0 Å². The number of carbonyl (C=O) groups excluding carboxylic acids is 4. The first kappa shape index (κ1) is 37.9. The van der Waals surface area contributed by atoms with Crippen LogP contribution in [0.15, 0.2) is 70.5 Å². The molecule has 0 bridgehead atoms. The molecule has 232 valence electrons. The zero-order chi connectivity index (χ0) is 33.0. The minimum absolute atomic E-state index is 0. The number of rotatable bonds is 6. The molecule has 0 aliphatic carbocycles. The second-order valence-corrected chi connectivity index (χ2v) is 11.4. The molecule has 14 nitrogen and oxygen atoms in total. The number of fused-ring (bicyclic) bond motifs is 2. The summed E-state index contributed by atoms with van der Waals surface area (Å²) in [5.74, 6) is -2.89. The quantitative estimate of drug-likeness (QED) is 0.119. The van der Waals surface area contributed by atoms with E-state index in [2.05, 4.69) is 18.9 Å². The Bertz CT molecular complexity index is 1890. The molecule has 0 saturated heterocycles. The molecule has 4 aromatic rings. The molecule has 4 aromatic carbocycles. The average molecular weight is 784 g/mol. The summed E-state index contributed by atoms with van der Waals surface area (Å²) in [6.07, 6.45) is 0. The summed E-state index contributed by atoms with van der Waals surface area (Å²) in [5, 5.41) is 0.686. The van der Waals surface area contributed by atoms with E-state index in [0.29, 0.717) is 10.8 Å². The monoisotopic (exact) mass is 784 g/mol. The van der Waals surface area contributed by atoms with Crippen LogP contribution in [0.1, 0.15) is 41.4 Å². The van der Waals surface area contributed by atoms with E-state index in [1.165, 1.54) is 62.8 Å². The van der Waals surface area contributed by atoms with Gasteiger partial charge in [0.2, 0.25) is 0 Å². The molecule has 0 N–H and O–H groups in total. The molecule has 0 aromatic heterocycles. The molecule has 0 atom stereocenters. The summed E-state index contributed by atoms with van der Waals surface area (Å²) >= 11 is 0. The third kappa shape index (κ3) is 8.90. The van der Waals surface area contributed by atoms with Crippen molar-refractivity contribution in [3.8, 4) is 0 Å². The van der Waals surface area contributed by atoms with Crippen molar-refractivity contribution in [3.63, 3.8) is 0 Å². The van der Waals surface area contributed by atoms with E-state index in [9.17, 15) is 45.1 Å². The van der Waals surface area contributed by atoms with E-state index in [0.717, 1.165) is 26.4 Å². The molecule has 0 amide bonds. The van der Waals surface area contributed by atoms with E-state index in [4.69, 9.17) is 0 Å². The minimum atomic E-state index is -4.85. The van der Waals surface area contributed by atoms with Crippen LogP contribution in [0, 0.1) is 0 Å². The van der Waals surface area contributed by atoms with Crippen molar-refractivity contribution >= 4 is 115 Å². The van der Waals surface area contributed by atoms with Gasteiger partial charge in [0.1, 0.15) is 20.2 Å². The summed E-state index contributed by atoms with van der Waals surface area (Å²) in [7, 11) is -5.07. The van der Waals surface area contributed by atoms with E-state index >= 15 is 0 Å². The maximum absolute atomic E-state index is 11.6. The van der Waals surface area contributed by atoms with Crippen LogP contribution in [0.25, 0.3) is 21.5 Å². The third-order valence-electron chi connectivity index (χ3n) is 6.06. The van der Waals surface area contributed by atoms with Gasteiger partial charge in [0.25, 0.3) is 0 Å². The third-order valence-corrected chi connectivity index (χ3v) is 7.81. The van der Waals surface area contributed by atoms with Crippen LogP contribution in [-0.2, 0) is 39.2 Å². The van der Waals surface area contributed by atoms with Gasteiger partial charge in [-0.3, -0.25) is 0 Å². The zero-order valence-electron chi connectivity index (χ0n) is 24.0. The zero-order valence-corrected chi connectivity index (χ0v) is 30.1. The number of benzene rings is 4. The van der Waals surface area contributed by atoms with Crippen LogP contribution in [0.5, 0.6) is 0 Å². The second-order valence-electron chi connectivity index (χ2n) is 8.70. The Morgan fingerprint density at radius 3 is 1.04 bits per heavy atom. The summed E-state index contributed by atoms with van der Waals surface area (Å²) in [5.41, 5.74) is 0.0296. The summed E-state index contributed by atoms with van der Waals surface area (Å²) in [6.45, 7) is 0. The Kier molecular flexibility index (Phi) is 12.9. The van der Waals surface area contributed by atoms with Gasteiger partial charge >= 0.3 is 72.8 Å². The van der Waals surface area contributed by atoms with Gasteiger partial charge in [0.15, 0.2) is 0 Å². The van der Waals surface area contributed by atoms with Crippen molar-refractivity contribution in [1.29, 1.82) is 0 Å². The molecule has 0 radical (unpaired) electrons. The molecule has 0 aliphatic rings. The Balaban J connectivity index is 0.000000307. The van der Waals surface area contributed by atoms with Crippen LogP contribution in [-0.4, -0.2) is 127 Å². The molecule has 17 heteroatoms. The standard InChI is InChI=1S/2C14H12O7S.Ba/c2*1-20-13(15)9-4-3-8-5-10(14(16)21-2)7-12(11(8)6-9)22(17,18)19;/h2*3-7H,1-2H3,(H,17,18,19);/q;;+2/p-2. The van der Waals surface area contributed by atoms with Crippen molar-refractivity contribution < 1.29 is 64.1 Å². The predicted octanol–water partition coefficient (Wildman–Crippen LogP) is 2.25. The van der Waals surface area contributed by atoms with Gasteiger partial charge in [-0.05, 0) is 59.3 Å². The predicted molar refractivity (Wildman–Crippen MR) is 155 cm³/mol. The largest absolute Gasteiger partial charge is 2.00 e. The van der Waals surface area contributed by atoms with Gasteiger partial charge in [-0.25, -0.2) is 36.0 Å². The number of ether oxygens (including phenoxy) is 4. The fourth-order valence-electron chi connectivity index (χ4n) is 4.02. The van der Waals surface area contributed by atoms with Crippen LogP contribution < -0.4 is 0 Å². The van der Waals surface area contributed by atoms with Crippen molar-refractivity contribution in [3.05, 3.63) is 82.9 Å². The van der Waals surface area contributed by atoms with E-state index in [1.807, 2.05) is 0 Å². The first-order chi connectivity index (χ1) is 20.5. The second kappa shape index (κ2) is 15.3. The summed E-state index contributed by atoms with van der Waals surface area (Å²) < 4.78 is 86.8. The Morgan fingerprint density at radius 2 is 0.778 bits per heavy atom. The number of hydrogen-bond donors (Lipinski definition) is 0. The Hall–Kier alpha value is -3.33. The first-order valence-corrected chi connectivity index (χ1v) is 14.8. The van der Waals surface area contributed by atoms with E-state index in [-0.39, 0.29) is 81.9 Å². The first-order valence-electron chi connectivity index (χ1n) is 12.0. The van der Waals surface area contributed by atoms with Crippen LogP contribution in [0.4, 0.5) is 0 Å². The van der Waals surface area contributed by atoms with Gasteiger partial charge in [-0.1, -0.05) is 12.1 Å². The van der Waals surface area contributed by atoms with Crippen LogP contribution >= 0.6 is 0 Å². The molecule has 0 aliphatic heterocycles. The van der Waals surface area contributed by atoms with Gasteiger partial charge in [0.05, 0.1) is 60.5 Å². The number of methoxy groups -OCH3 is 4.